The molecule has 0 radical (unpaired) electrons. The minimum Gasteiger partial charge on any atom is -0.481 e. The number of rotatable bonds is 6. The monoisotopic (exact) mass is 398 g/mol. The fourth-order valence-corrected chi connectivity index (χ4v) is 2.81. The summed E-state index contributed by atoms with van der Waals surface area (Å²) in [5.74, 6) is -0.954. The summed E-state index contributed by atoms with van der Waals surface area (Å²) in [5.41, 5.74) is 0.962. The Morgan fingerprint density at radius 1 is 1.17 bits per heavy atom. The van der Waals surface area contributed by atoms with Gasteiger partial charge in [-0.3, -0.25) is 25.1 Å². The summed E-state index contributed by atoms with van der Waals surface area (Å²) in [6.07, 6.45) is -0.968. The molecular formula is C19H18N4O6. The third-order valence-corrected chi connectivity index (χ3v) is 4.49. The maximum absolute atomic E-state index is 12.8. The van der Waals surface area contributed by atoms with Gasteiger partial charge in [-0.15, -0.1) is 0 Å². The number of nitro groups is 1. The molecule has 0 spiro atoms. The highest BCUT2D eigenvalue weighted by molar-refractivity contribution is 6.08. The van der Waals surface area contributed by atoms with E-state index in [4.69, 9.17) is 4.74 Å². The minimum atomic E-state index is -1.48. The number of para-hydroxylation sites is 1. The molecule has 0 unspecified atom stereocenters. The molecule has 10 nitrogen and oxygen atoms in total. The molecule has 4 amide bonds. The van der Waals surface area contributed by atoms with Crippen molar-refractivity contribution in [2.75, 3.05) is 0 Å². The van der Waals surface area contributed by atoms with Gasteiger partial charge < -0.3 is 10.1 Å². The molecule has 1 saturated heterocycles. The lowest BCUT2D eigenvalue weighted by Crippen LogP contribution is -2.51. The van der Waals surface area contributed by atoms with Crippen LogP contribution >= 0.6 is 0 Å². The van der Waals surface area contributed by atoms with Crippen LogP contribution in [0.25, 0.3) is 0 Å². The van der Waals surface area contributed by atoms with E-state index in [1.54, 1.807) is 30.3 Å². The molecule has 0 bridgehead atoms. The van der Waals surface area contributed by atoms with Crippen LogP contribution in [0.1, 0.15) is 19.4 Å². The molecule has 150 valence electrons. The number of hydrazine groups is 1. The van der Waals surface area contributed by atoms with E-state index >= 15 is 0 Å². The largest absolute Gasteiger partial charge is 0.481 e. The first kappa shape index (κ1) is 19.8. The van der Waals surface area contributed by atoms with Crippen LogP contribution in [-0.4, -0.2) is 33.9 Å². The zero-order chi connectivity index (χ0) is 21.2. The number of nitrogens with one attached hydrogen (secondary N) is 2. The van der Waals surface area contributed by atoms with Gasteiger partial charge >= 0.3 is 6.03 Å². The number of non-ortho nitro benzene ring substituents is 1. The fraction of sp³-hybridized carbons (Fsp3) is 0.211. The summed E-state index contributed by atoms with van der Waals surface area (Å²) in [7, 11) is 0. The highest BCUT2D eigenvalue weighted by atomic mass is 16.6. The summed E-state index contributed by atoms with van der Waals surface area (Å²) in [4.78, 5) is 47.7. The van der Waals surface area contributed by atoms with Crippen molar-refractivity contribution in [3.05, 3.63) is 70.3 Å². The van der Waals surface area contributed by atoms with E-state index in [1.165, 1.54) is 38.1 Å². The molecule has 2 aromatic rings. The van der Waals surface area contributed by atoms with Gasteiger partial charge in [-0.05, 0) is 43.7 Å². The van der Waals surface area contributed by atoms with Crippen LogP contribution in [0.2, 0.25) is 0 Å². The number of urea groups is 1. The van der Waals surface area contributed by atoms with E-state index in [2.05, 4.69) is 10.7 Å². The molecule has 0 saturated carbocycles. The molecule has 2 aromatic carbocycles. The van der Waals surface area contributed by atoms with Crippen molar-refractivity contribution in [2.45, 2.75) is 25.5 Å². The van der Waals surface area contributed by atoms with E-state index in [1.807, 2.05) is 0 Å². The number of nitrogens with zero attached hydrogens (tertiary/aromatic N) is 2. The number of nitro benzene ring substituents is 1. The normalized spacial score (nSPS) is 19.4. The van der Waals surface area contributed by atoms with Crippen molar-refractivity contribution in [2.24, 2.45) is 0 Å². The van der Waals surface area contributed by atoms with Crippen LogP contribution < -0.4 is 15.5 Å². The predicted molar refractivity (Wildman–Crippen MR) is 101 cm³/mol. The Morgan fingerprint density at radius 2 is 1.79 bits per heavy atom. The Kier molecular flexibility index (Phi) is 5.18. The van der Waals surface area contributed by atoms with Crippen LogP contribution in [0.5, 0.6) is 5.75 Å². The van der Waals surface area contributed by atoms with Crippen LogP contribution in [0.15, 0.2) is 54.6 Å². The van der Waals surface area contributed by atoms with Gasteiger partial charge in [0.2, 0.25) is 0 Å². The van der Waals surface area contributed by atoms with E-state index in [9.17, 15) is 24.5 Å². The van der Waals surface area contributed by atoms with E-state index in [-0.39, 0.29) is 5.69 Å². The number of carbonyl (C=O) groups is 3. The standard InChI is InChI=1S/C19H18N4O6/c1-12(29-15-6-4-3-5-7-15)16(24)21-22-17(25)19(2,20-18(22)26)13-8-10-14(11-9-13)23(27)28/h3-12H,1-2H3,(H,20,26)(H,21,24)/t12-,19-/m1/s1. The summed E-state index contributed by atoms with van der Waals surface area (Å²) >= 11 is 0. The third-order valence-electron chi connectivity index (χ3n) is 4.49. The summed E-state index contributed by atoms with van der Waals surface area (Å²) in [6, 6.07) is 13.0. The first-order chi connectivity index (χ1) is 13.7. The third kappa shape index (κ3) is 3.86. The van der Waals surface area contributed by atoms with Crippen LogP contribution in [0.3, 0.4) is 0 Å². The van der Waals surface area contributed by atoms with Crippen LogP contribution in [-0.2, 0) is 15.1 Å². The number of carbonyl (C=O) groups excluding carboxylic acids is 3. The molecule has 3 rings (SSSR count). The lowest BCUT2D eigenvalue weighted by molar-refractivity contribution is -0.384. The highest BCUT2D eigenvalue weighted by Crippen LogP contribution is 2.29. The van der Waals surface area contributed by atoms with Gasteiger partial charge in [0.1, 0.15) is 11.3 Å². The lowest BCUT2D eigenvalue weighted by atomic mass is 9.92. The maximum Gasteiger partial charge on any atom is 0.344 e. The second kappa shape index (κ2) is 7.58. The van der Waals surface area contributed by atoms with Crippen molar-refractivity contribution in [1.82, 2.24) is 15.8 Å². The number of benzene rings is 2. The highest BCUT2D eigenvalue weighted by Gasteiger charge is 2.50. The van der Waals surface area contributed by atoms with Crippen molar-refractivity contribution in [3.63, 3.8) is 0 Å². The Bertz CT molecular complexity index is 962. The van der Waals surface area contributed by atoms with Crippen molar-refractivity contribution in [1.29, 1.82) is 0 Å². The SMILES string of the molecule is C[C@@H](Oc1ccccc1)C(=O)NN1C(=O)N[C@](C)(c2ccc([N+](=O)[O-])cc2)C1=O. The molecule has 2 N–H and O–H groups in total. The van der Waals surface area contributed by atoms with Crippen LogP contribution in [0, 0.1) is 10.1 Å². The van der Waals surface area contributed by atoms with Gasteiger partial charge in [0.05, 0.1) is 4.92 Å². The smallest absolute Gasteiger partial charge is 0.344 e. The average Bonchev–Trinajstić information content (AvgIpc) is 2.92. The zero-order valence-corrected chi connectivity index (χ0v) is 15.6. The van der Waals surface area contributed by atoms with E-state index < -0.39 is 34.4 Å². The Morgan fingerprint density at radius 3 is 2.38 bits per heavy atom. The lowest BCUT2D eigenvalue weighted by Gasteiger charge is -2.22. The van der Waals surface area contributed by atoms with Crippen molar-refractivity contribution < 1.29 is 24.0 Å². The molecule has 1 aliphatic heterocycles. The molecule has 1 fully saturated rings. The Balaban J connectivity index is 1.72. The second-order valence-corrected chi connectivity index (χ2v) is 6.55. The predicted octanol–water partition coefficient (Wildman–Crippen LogP) is 1.86. The quantitative estimate of drug-likeness (QED) is 0.434. The number of hydrogen-bond donors (Lipinski definition) is 2. The zero-order valence-electron chi connectivity index (χ0n) is 15.6. The molecule has 0 aliphatic carbocycles. The fourth-order valence-electron chi connectivity index (χ4n) is 2.81. The summed E-state index contributed by atoms with van der Waals surface area (Å²) in [6.45, 7) is 2.93. The molecule has 2 atom stereocenters. The molecule has 1 aliphatic rings. The average molecular weight is 398 g/mol. The maximum atomic E-state index is 12.8. The van der Waals surface area contributed by atoms with E-state index in [0.29, 0.717) is 16.3 Å². The van der Waals surface area contributed by atoms with Crippen molar-refractivity contribution >= 4 is 23.5 Å². The Hall–Kier alpha value is -3.95. The van der Waals surface area contributed by atoms with Gasteiger partial charge in [0.15, 0.2) is 6.10 Å². The topological polar surface area (TPSA) is 131 Å². The summed E-state index contributed by atoms with van der Waals surface area (Å²) < 4.78 is 5.48. The number of ether oxygens (including phenoxy) is 1. The molecule has 10 heteroatoms. The molecule has 1 heterocycles. The second-order valence-electron chi connectivity index (χ2n) is 6.55. The number of hydrogen-bond acceptors (Lipinski definition) is 6. The van der Waals surface area contributed by atoms with Gasteiger partial charge in [-0.1, -0.05) is 18.2 Å². The molecule has 0 aromatic heterocycles. The van der Waals surface area contributed by atoms with Gasteiger partial charge in [-0.2, -0.15) is 5.01 Å². The van der Waals surface area contributed by atoms with Crippen LogP contribution in [0.4, 0.5) is 10.5 Å². The van der Waals surface area contributed by atoms with Gasteiger partial charge in [0.25, 0.3) is 17.5 Å². The summed E-state index contributed by atoms with van der Waals surface area (Å²) in [5, 5.41) is 13.9. The molecule has 29 heavy (non-hydrogen) atoms. The van der Waals surface area contributed by atoms with Crippen molar-refractivity contribution in [3.8, 4) is 5.75 Å². The Labute approximate surface area is 165 Å². The van der Waals surface area contributed by atoms with Gasteiger partial charge in [-0.25, -0.2) is 4.79 Å². The first-order valence-corrected chi connectivity index (χ1v) is 8.66. The van der Waals surface area contributed by atoms with E-state index in [0.717, 1.165) is 0 Å². The number of imide groups is 1. The minimum absolute atomic E-state index is 0.147. The number of amides is 4. The first-order valence-electron chi connectivity index (χ1n) is 8.66. The van der Waals surface area contributed by atoms with Gasteiger partial charge in [0, 0.05) is 12.1 Å². The molecular weight excluding hydrogens is 380 g/mol.